The van der Waals surface area contributed by atoms with Crippen LogP contribution in [-0.4, -0.2) is 0 Å². The second-order valence-electron chi connectivity index (χ2n) is 2.01. The topological polar surface area (TPSA) is 47.6 Å². The van der Waals surface area contributed by atoms with Gasteiger partial charge in [0.15, 0.2) is 0 Å². The van der Waals surface area contributed by atoms with Gasteiger partial charge < -0.3 is 0 Å². The molecule has 0 saturated carbocycles. The number of hydrogen-bond acceptors (Lipinski definition) is 2. The maximum Gasteiger partial charge on any atom is 0.102 e. The maximum atomic E-state index is 8.75. The Morgan fingerprint density at radius 3 is 2.25 bits per heavy atom. The minimum Gasteiger partial charge on any atom is -0.192 e. The fraction of sp³-hybridized carbons (Fsp3) is 0. The monoisotopic (exact) mass is 380 g/mol. The molecule has 0 heterocycles. The summed E-state index contributed by atoms with van der Waals surface area (Å²) in [5.41, 5.74) is 0.923. The van der Waals surface area contributed by atoms with Crippen LogP contribution in [0.2, 0.25) is 0 Å². The van der Waals surface area contributed by atoms with Gasteiger partial charge in [-0.2, -0.15) is 10.5 Å². The molecule has 4 heteroatoms. The first-order valence-corrected chi connectivity index (χ1v) is 5.14. The van der Waals surface area contributed by atoms with Gasteiger partial charge in [0, 0.05) is 7.14 Å². The molecule has 0 aliphatic heterocycles. The molecule has 0 N–H and O–H groups in total. The van der Waals surface area contributed by atoms with Crippen LogP contribution in [0.4, 0.5) is 0 Å². The number of benzene rings is 1. The summed E-state index contributed by atoms with van der Waals surface area (Å²) in [6.07, 6.45) is 0. The van der Waals surface area contributed by atoms with Gasteiger partial charge >= 0.3 is 0 Å². The Morgan fingerprint density at radius 1 is 1.08 bits per heavy atom. The van der Waals surface area contributed by atoms with Crippen LogP contribution in [0.1, 0.15) is 11.1 Å². The molecular formula is C8H2I2N2. The number of nitriles is 2. The lowest BCUT2D eigenvalue weighted by Crippen LogP contribution is -1.90. The Morgan fingerprint density at radius 2 is 1.75 bits per heavy atom. The molecule has 0 spiro atoms. The van der Waals surface area contributed by atoms with Crippen molar-refractivity contribution < 1.29 is 0 Å². The van der Waals surface area contributed by atoms with Crippen molar-refractivity contribution in [2.45, 2.75) is 0 Å². The number of hydrogen-bond donors (Lipinski definition) is 0. The zero-order valence-electron chi connectivity index (χ0n) is 5.81. The summed E-state index contributed by atoms with van der Waals surface area (Å²) in [7, 11) is 0. The van der Waals surface area contributed by atoms with E-state index in [2.05, 4.69) is 45.2 Å². The van der Waals surface area contributed by atoms with Gasteiger partial charge in [0.05, 0.1) is 11.1 Å². The summed E-state index contributed by atoms with van der Waals surface area (Å²) >= 11 is 4.21. The average Bonchev–Trinajstić information content (AvgIpc) is 2.09. The molecule has 0 aliphatic carbocycles. The van der Waals surface area contributed by atoms with E-state index in [-0.39, 0.29) is 0 Å². The Balaban J connectivity index is 3.52. The van der Waals surface area contributed by atoms with E-state index in [1.807, 2.05) is 18.2 Å². The molecule has 0 unspecified atom stereocenters. The van der Waals surface area contributed by atoms with Gasteiger partial charge in [0.25, 0.3) is 0 Å². The fourth-order valence-electron chi connectivity index (χ4n) is 0.753. The molecule has 1 aromatic carbocycles. The standard InChI is InChI=1S/C8H2I2N2/c9-7-2-1-5(3-11)6(4-12)8(7)10/h1-2H. The zero-order chi connectivity index (χ0) is 9.14. The highest BCUT2D eigenvalue weighted by molar-refractivity contribution is 14.1. The van der Waals surface area contributed by atoms with Crippen LogP contribution in [0, 0.1) is 29.8 Å². The van der Waals surface area contributed by atoms with Gasteiger partial charge in [-0.25, -0.2) is 0 Å². The van der Waals surface area contributed by atoms with Crippen LogP contribution in [0.15, 0.2) is 12.1 Å². The van der Waals surface area contributed by atoms with Crippen molar-refractivity contribution in [1.82, 2.24) is 0 Å². The van der Waals surface area contributed by atoms with Crippen molar-refractivity contribution in [1.29, 1.82) is 10.5 Å². The third kappa shape index (κ3) is 1.70. The van der Waals surface area contributed by atoms with Crippen LogP contribution in [0.25, 0.3) is 0 Å². The second kappa shape index (κ2) is 4.06. The largest absolute Gasteiger partial charge is 0.192 e. The summed E-state index contributed by atoms with van der Waals surface area (Å²) in [6, 6.07) is 7.51. The van der Waals surface area contributed by atoms with Gasteiger partial charge in [-0.05, 0) is 57.3 Å². The molecule has 0 atom stereocenters. The van der Waals surface area contributed by atoms with E-state index < -0.39 is 0 Å². The maximum absolute atomic E-state index is 8.75. The minimum absolute atomic E-state index is 0.447. The molecule has 0 bridgehead atoms. The fourth-order valence-corrected chi connectivity index (χ4v) is 1.79. The molecule has 1 rings (SSSR count). The van der Waals surface area contributed by atoms with E-state index in [4.69, 9.17) is 10.5 Å². The first-order valence-electron chi connectivity index (χ1n) is 2.99. The van der Waals surface area contributed by atoms with Gasteiger partial charge in [-0.1, -0.05) is 0 Å². The third-order valence-corrected chi connectivity index (χ3v) is 4.38. The lowest BCUT2D eigenvalue weighted by Gasteiger charge is -1.99. The van der Waals surface area contributed by atoms with E-state index >= 15 is 0 Å². The highest BCUT2D eigenvalue weighted by Crippen LogP contribution is 2.21. The second-order valence-corrected chi connectivity index (χ2v) is 4.25. The van der Waals surface area contributed by atoms with E-state index in [0.29, 0.717) is 11.1 Å². The quantitative estimate of drug-likeness (QED) is 0.650. The molecule has 0 amide bonds. The van der Waals surface area contributed by atoms with Gasteiger partial charge in [-0.3, -0.25) is 0 Å². The number of rotatable bonds is 0. The highest BCUT2D eigenvalue weighted by atomic mass is 127. The van der Waals surface area contributed by atoms with Crippen LogP contribution in [-0.2, 0) is 0 Å². The molecule has 0 aromatic heterocycles. The van der Waals surface area contributed by atoms with E-state index in [1.54, 1.807) is 6.07 Å². The Hall–Kier alpha value is -0.340. The molecule has 2 nitrogen and oxygen atoms in total. The van der Waals surface area contributed by atoms with Crippen molar-refractivity contribution in [2.75, 3.05) is 0 Å². The molecule has 1 aromatic rings. The SMILES string of the molecule is N#Cc1ccc(I)c(I)c1C#N. The summed E-state index contributed by atoms with van der Waals surface area (Å²) in [4.78, 5) is 0. The van der Waals surface area contributed by atoms with Crippen LogP contribution in [0.5, 0.6) is 0 Å². The summed E-state index contributed by atoms with van der Waals surface area (Å²) in [5, 5.41) is 17.4. The minimum atomic E-state index is 0.447. The average molecular weight is 380 g/mol. The molecule has 0 fully saturated rings. The molecule has 12 heavy (non-hydrogen) atoms. The van der Waals surface area contributed by atoms with Crippen LogP contribution < -0.4 is 0 Å². The third-order valence-electron chi connectivity index (χ3n) is 1.33. The zero-order valence-corrected chi connectivity index (χ0v) is 10.1. The summed E-state index contributed by atoms with van der Waals surface area (Å²) < 4.78 is 1.86. The van der Waals surface area contributed by atoms with Crippen LogP contribution >= 0.6 is 45.2 Å². The number of halogens is 2. The van der Waals surface area contributed by atoms with E-state index in [0.717, 1.165) is 7.14 Å². The van der Waals surface area contributed by atoms with Crippen molar-refractivity contribution in [2.24, 2.45) is 0 Å². The Kier molecular flexibility index (Phi) is 3.29. The lowest BCUT2D eigenvalue weighted by molar-refractivity contribution is 1.40. The van der Waals surface area contributed by atoms with Gasteiger partial charge in [-0.15, -0.1) is 0 Å². The van der Waals surface area contributed by atoms with Crippen molar-refractivity contribution >= 4 is 45.2 Å². The number of nitrogens with zero attached hydrogens (tertiary/aromatic N) is 2. The van der Waals surface area contributed by atoms with Crippen molar-refractivity contribution in [3.63, 3.8) is 0 Å². The Bertz CT molecular complexity index is 399. The normalized spacial score (nSPS) is 8.67. The predicted octanol–water partition coefficient (Wildman–Crippen LogP) is 2.64. The first-order chi connectivity index (χ1) is 5.70. The van der Waals surface area contributed by atoms with Gasteiger partial charge in [0.1, 0.15) is 12.1 Å². The lowest BCUT2D eigenvalue weighted by atomic mass is 10.1. The first kappa shape index (κ1) is 9.75. The van der Waals surface area contributed by atoms with E-state index in [1.165, 1.54) is 0 Å². The van der Waals surface area contributed by atoms with Crippen molar-refractivity contribution in [3.05, 3.63) is 30.4 Å². The molecule has 0 aliphatic rings. The molecular weight excluding hydrogens is 378 g/mol. The predicted molar refractivity (Wildman–Crippen MR) is 61.3 cm³/mol. The van der Waals surface area contributed by atoms with Crippen LogP contribution in [0.3, 0.4) is 0 Å². The molecule has 0 radical (unpaired) electrons. The molecule has 58 valence electrons. The van der Waals surface area contributed by atoms with Gasteiger partial charge in [0.2, 0.25) is 0 Å². The Labute approximate surface area is 97.5 Å². The van der Waals surface area contributed by atoms with Crippen molar-refractivity contribution in [3.8, 4) is 12.1 Å². The summed E-state index contributed by atoms with van der Waals surface area (Å²) in [6.45, 7) is 0. The van der Waals surface area contributed by atoms with E-state index in [9.17, 15) is 0 Å². The highest BCUT2D eigenvalue weighted by Gasteiger charge is 2.08. The smallest absolute Gasteiger partial charge is 0.102 e. The summed E-state index contributed by atoms with van der Waals surface area (Å²) in [5.74, 6) is 0. The molecule has 0 saturated heterocycles.